The van der Waals surface area contributed by atoms with Crippen molar-refractivity contribution in [1.82, 2.24) is 9.97 Å². The quantitative estimate of drug-likeness (QED) is 0.664. The lowest BCUT2D eigenvalue weighted by Gasteiger charge is -2.21. The van der Waals surface area contributed by atoms with Gasteiger partial charge < -0.3 is 0 Å². The Morgan fingerprint density at radius 3 is 2.30 bits per heavy atom. The van der Waals surface area contributed by atoms with Crippen LogP contribution < -0.4 is 0 Å². The van der Waals surface area contributed by atoms with Gasteiger partial charge >= 0.3 is 0 Å². The van der Waals surface area contributed by atoms with Crippen LogP contribution in [0.2, 0.25) is 0 Å². The first-order chi connectivity index (χ1) is 11.1. The summed E-state index contributed by atoms with van der Waals surface area (Å²) in [6, 6.07) is 15.3. The second kappa shape index (κ2) is 5.02. The van der Waals surface area contributed by atoms with Crippen molar-refractivity contribution in [2.24, 2.45) is 0 Å². The summed E-state index contributed by atoms with van der Waals surface area (Å²) in [5.41, 5.74) is 7.72. The Balaban J connectivity index is 1.85. The fourth-order valence-corrected chi connectivity index (χ4v) is 3.53. The number of hydrogen-bond acceptors (Lipinski definition) is 2. The van der Waals surface area contributed by atoms with Gasteiger partial charge in [-0.05, 0) is 40.3 Å². The molecule has 0 bridgehead atoms. The Morgan fingerprint density at radius 1 is 0.870 bits per heavy atom. The normalized spacial score (nSPS) is 14.4. The Labute approximate surface area is 137 Å². The van der Waals surface area contributed by atoms with E-state index in [4.69, 9.17) is 0 Å². The van der Waals surface area contributed by atoms with E-state index in [2.05, 4.69) is 73.2 Å². The van der Waals surface area contributed by atoms with E-state index in [-0.39, 0.29) is 5.41 Å². The number of aryl methyl sites for hydroxylation is 1. The molecule has 0 saturated carbocycles. The monoisotopic (exact) mass is 300 g/mol. The minimum atomic E-state index is 0.0191. The lowest BCUT2D eigenvalue weighted by molar-refractivity contribution is 0.660. The van der Waals surface area contributed by atoms with Gasteiger partial charge in [-0.2, -0.15) is 0 Å². The number of rotatable bonds is 2. The van der Waals surface area contributed by atoms with Gasteiger partial charge in [0.25, 0.3) is 0 Å². The van der Waals surface area contributed by atoms with Crippen LogP contribution in [0.1, 0.15) is 37.5 Å². The molecule has 1 aliphatic carbocycles. The van der Waals surface area contributed by atoms with Gasteiger partial charge in [0.15, 0.2) is 5.82 Å². The fraction of sp³-hybridized carbons (Fsp3) is 0.238. The highest BCUT2D eigenvalue weighted by Gasteiger charge is 2.35. The number of nitrogens with zero attached hydrogens (tertiary/aromatic N) is 2. The van der Waals surface area contributed by atoms with Crippen molar-refractivity contribution >= 4 is 0 Å². The summed E-state index contributed by atoms with van der Waals surface area (Å²) in [6.45, 7) is 6.71. The maximum Gasteiger partial charge on any atom is 0.159 e. The summed E-state index contributed by atoms with van der Waals surface area (Å²) in [5.74, 6) is 0.803. The standard InChI is InChI=1S/C21H20N2/c1-4-14-12-22-20(23-13-14)15-9-10-17-16-7-5-6-8-18(16)21(2,3)19(17)11-15/h5-13H,4H2,1-3H3. The highest BCUT2D eigenvalue weighted by atomic mass is 14.9. The molecule has 0 amide bonds. The molecule has 0 saturated heterocycles. The van der Waals surface area contributed by atoms with Gasteiger partial charge in [0.05, 0.1) is 0 Å². The van der Waals surface area contributed by atoms with E-state index in [1.165, 1.54) is 27.8 Å². The maximum atomic E-state index is 4.53. The Bertz CT molecular complexity index is 877. The first-order valence-corrected chi connectivity index (χ1v) is 8.17. The highest BCUT2D eigenvalue weighted by molar-refractivity contribution is 5.82. The van der Waals surface area contributed by atoms with Crippen LogP contribution in [-0.2, 0) is 11.8 Å². The minimum absolute atomic E-state index is 0.0191. The molecule has 1 aliphatic rings. The third-order valence-corrected chi connectivity index (χ3v) is 4.96. The molecule has 1 heterocycles. The summed E-state index contributed by atoms with van der Waals surface area (Å²) in [7, 11) is 0. The molecule has 4 rings (SSSR count). The first-order valence-electron chi connectivity index (χ1n) is 8.17. The Kier molecular flexibility index (Phi) is 3.08. The van der Waals surface area contributed by atoms with Crippen LogP contribution in [0.5, 0.6) is 0 Å². The molecule has 0 radical (unpaired) electrons. The van der Waals surface area contributed by atoms with E-state index in [1.807, 2.05) is 12.4 Å². The van der Waals surface area contributed by atoms with Gasteiger partial charge in [0.1, 0.15) is 0 Å². The summed E-state index contributed by atoms with van der Waals surface area (Å²) < 4.78 is 0. The molecule has 0 unspecified atom stereocenters. The van der Waals surface area contributed by atoms with Crippen molar-refractivity contribution < 1.29 is 0 Å². The van der Waals surface area contributed by atoms with Crippen LogP contribution in [-0.4, -0.2) is 9.97 Å². The summed E-state index contributed by atoms with van der Waals surface area (Å²) in [4.78, 5) is 9.06. The number of benzene rings is 2. The SMILES string of the molecule is CCc1cnc(-c2ccc3c(c2)C(C)(C)c2ccccc2-3)nc1. The molecule has 23 heavy (non-hydrogen) atoms. The Hall–Kier alpha value is -2.48. The molecule has 0 aliphatic heterocycles. The van der Waals surface area contributed by atoms with E-state index in [9.17, 15) is 0 Å². The molecule has 2 aromatic carbocycles. The smallest absolute Gasteiger partial charge is 0.159 e. The average molecular weight is 300 g/mol. The number of hydrogen-bond donors (Lipinski definition) is 0. The van der Waals surface area contributed by atoms with E-state index in [1.54, 1.807) is 0 Å². The molecule has 0 spiro atoms. The van der Waals surface area contributed by atoms with E-state index in [0.29, 0.717) is 0 Å². The maximum absolute atomic E-state index is 4.53. The van der Waals surface area contributed by atoms with Gasteiger partial charge in [0, 0.05) is 23.4 Å². The summed E-state index contributed by atoms with van der Waals surface area (Å²) >= 11 is 0. The van der Waals surface area contributed by atoms with Crippen molar-refractivity contribution in [1.29, 1.82) is 0 Å². The van der Waals surface area contributed by atoms with Crippen molar-refractivity contribution in [3.05, 3.63) is 71.5 Å². The second-order valence-electron chi connectivity index (χ2n) is 6.70. The topological polar surface area (TPSA) is 25.8 Å². The lowest BCUT2D eigenvalue weighted by Crippen LogP contribution is -2.15. The molecule has 2 nitrogen and oxygen atoms in total. The average Bonchev–Trinajstić information content (AvgIpc) is 2.83. The van der Waals surface area contributed by atoms with Gasteiger partial charge in [-0.15, -0.1) is 0 Å². The van der Waals surface area contributed by atoms with Gasteiger partial charge in [-0.3, -0.25) is 0 Å². The van der Waals surface area contributed by atoms with Crippen molar-refractivity contribution in [2.75, 3.05) is 0 Å². The first kappa shape index (κ1) is 14.1. The fourth-order valence-electron chi connectivity index (χ4n) is 3.53. The van der Waals surface area contributed by atoms with Crippen LogP contribution in [0.25, 0.3) is 22.5 Å². The van der Waals surface area contributed by atoms with E-state index >= 15 is 0 Å². The van der Waals surface area contributed by atoms with Gasteiger partial charge in [-0.1, -0.05) is 57.2 Å². The number of aromatic nitrogens is 2. The largest absolute Gasteiger partial charge is 0.236 e. The molecule has 2 heteroatoms. The van der Waals surface area contributed by atoms with Crippen LogP contribution in [0.15, 0.2) is 54.9 Å². The Morgan fingerprint density at radius 2 is 1.57 bits per heavy atom. The molecule has 1 aromatic heterocycles. The zero-order chi connectivity index (χ0) is 16.0. The molecule has 3 aromatic rings. The van der Waals surface area contributed by atoms with Crippen LogP contribution in [0.3, 0.4) is 0 Å². The van der Waals surface area contributed by atoms with Crippen LogP contribution in [0, 0.1) is 0 Å². The molecule has 0 N–H and O–H groups in total. The third-order valence-electron chi connectivity index (χ3n) is 4.96. The van der Waals surface area contributed by atoms with E-state index in [0.717, 1.165) is 17.8 Å². The highest BCUT2D eigenvalue weighted by Crippen LogP contribution is 2.49. The second-order valence-corrected chi connectivity index (χ2v) is 6.70. The van der Waals surface area contributed by atoms with Crippen molar-refractivity contribution in [3.8, 4) is 22.5 Å². The summed E-state index contributed by atoms with van der Waals surface area (Å²) in [5, 5.41) is 0. The predicted molar refractivity (Wildman–Crippen MR) is 94.4 cm³/mol. The molecule has 0 fully saturated rings. The van der Waals surface area contributed by atoms with E-state index < -0.39 is 0 Å². The van der Waals surface area contributed by atoms with Crippen molar-refractivity contribution in [3.63, 3.8) is 0 Å². The lowest BCUT2D eigenvalue weighted by atomic mass is 9.82. The number of fused-ring (bicyclic) bond motifs is 3. The van der Waals surface area contributed by atoms with Gasteiger partial charge in [0.2, 0.25) is 0 Å². The van der Waals surface area contributed by atoms with Crippen molar-refractivity contribution in [2.45, 2.75) is 32.6 Å². The molecule has 0 atom stereocenters. The zero-order valence-electron chi connectivity index (χ0n) is 13.8. The predicted octanol–water partition coefficient (Wildman–Crippen LogP) is 5.01. The molecular weight excluding hydrogens is 280 g/mol. The zero-order valence-corrected chi connectivity index (χ0v) is 13.8. The van der Waals surface area contributed by atoms with Gasteiger partial charge in [-0.25, -0.2) is 9.97 Å². The molecular formula is C21H20N2. The minimum Gasteiger partial charge on any atom is -0.236 e. The van der Waals surface area contributed by atoms with Crippen LogP contribution >= 0.6 is 0 Å². The molecule has 114 valence electrons. The van der Waals surface area contributed by atoms with Crippen LogP contribution in [0.4, 0.5) is 0 Å². The summed E-state index contributed by atoms with van der Waals surface area (Å²) in [6.07, 6.45) is 4.82. The third kappa shape index (κ3) is 2.09.